The summed E-state index contributed by atoms with van der Waals surface area (Å²) in [5.74, 6) is -1.20. The van der Waals surface area contributed by atoms with Crippen LogP contribution in [0.1, 0.15) is 26.3 Å². The Bertz CT molecular complexity index is 1230. The Balaban J connectivity index is 1.89. The van der Waals surface area contributed by atoms with E-state index >= 15 is 0 Å². The van der Waals surface area contributed by atoms with Crippen molar-refractivity contribution in [3.05, 3.63) is 59.4 Å². The number of halogens is 4. The topological polar surface area (TPSA) is 86.1 Å². The number of sulfonamides is 1. The van der Waals surface area contributed by atoms with Gasteiger partial charge in [0, 0.05) is 18.2 Å². The molecule has 1 aromatic carbocycles. The van der Waals surface area contributed by atoms with Crippen molar-refractivity contribution in [2.45, 2.75) is 39.0 Å². The fraction of sp³-hybridized carbons (Fsp3) is 0.333. The van der Waals surface area contributed by atoms with Gasteiger partial charge in [-0.25, -0.2) is 18.1 Å². The maximum absolute atomic E-state index is 12.6. The van der Waals surface area contributed by atoms with Gasteiger partial charge in [0.25, 0.3) is 0 Å². The van der Waals surface area contributed by atoms with Crippen molar-refractivity contribution in [2.24, 2.45) is 0 Å². The molecule has 7 nitrogen and oxygen atoms in total. The molecule has 0 aliphatic carbocycles. The van der Waals surface area contributed by atoms with E-state index in [9.17, 15) is 21.6 Å². The predicted molar refractivity (Wildman–Crippen MR) is 119 cm³/mol. The van der Waals surface area contributed by atoms with Crippen LogP contribution in [0.3, 0.4) is 0 Å². The van der Waals surface area contributed by atoms with E-state index < -0.39 is 27.5 Å². The molecule has 0 aliphatic rings. The van der Waals surface area contributed by atoms with Gasteiger partial charge in [0.15, 0.2) is 5.75 Å². The molecule has 12 heteroatoms. The molecule has 3 aromatic rings. The van der Waals surface area contributed by atoms with Crippen molar-refractivity contribution in [3.63, 3.8) is 0 Å². The van der Waals surface area contributed by atoms with Crippen LogP contribution in [0.25, 0.3) is 11.3 Å². The van der Waals surface area contributed by atoms with E-state index in [2.05, 4.69) is 14.8 Å². The van der Waals surface area contributed by atoms with Crippen molar-refractivity contribution in [3.8, 4) is 22.9 Å². The number of hydrogen-bond donors (Lipinski definition) is 1. The van der Waals surface area contributed by atoms with Gasteiger partial charge in [0.1, 0.15) is 10.9 Å². The minimum atomic E-state index is -4.84. The van der Waals surface area contributed by atoms with Gasteiger partial charge in [-0.15, -0.1) is 5.10 Å². The predicted octanol–water partition coefficient (Wildman–Crippen LogP) is 5.13. The zero-order valence-corrected chi connectivity index (χ0v) is 19.6. The standard InChI is InChI=1S/C21H22ClF3N4O3S/c1-4-29-17(11-19(27-29)32-16-8-9-18(22)26-12-16)14-6-5-7-15(10-14)20(2,3)28-33(30,31)13-21(23,24)25/h5-12,28H,4,13H2,1-3H3. The van der Waals surface area contributed by atoms with Gasteiger partial charge in [-0.2, -0.15) is 13.2 Å². The third kappa shape index (κ3) is 6.68. The minimum Gasteiger partial charge on any atom is -0.436 e. The zero-order chi connectivity index (χ0) is 24.4. The van der Waals surface area contributed by atoms with Crippen LogP contribution in [0.4, 0.5) is 13.2 Å². The number of pyridine rings is 1. The third-order valence-electron chi connectivity index (χ3n) is 4.62. The van der Waals surface area contributed by atoms with Crippen LogP contribution in [0, 0.1) is 0 Å². The molecule has 0 saturated carbocycles. The van der Waals surface area contributed by atoms with Crippen LogP contribution >= 0.6 is 11.6 Å². The molecule has 33 heavy (non-hydrogen) atoms. The fourth-order valence-electron chi connectivity index (χ4n) is 3.23. The summed E-state index contributed by atoms with van der Waals surface area (Å²) >= 11 is 5.78. The number of hydrogen-bond acceptors (Lipinski definition) is 5. The Kier molecular flexibility index (Phi) is 7.06. The first-order valence-corrected chi connectivity index (χ1v) is 11.9. The van der Waals surface area contributed by atoms with E-state index in [0.29, 0.717) is 40.1 Å². The monoisotopic (exact) mass is 502 g/mol. The number of aryl methyl sites for hydroxylation is 1. The summed E-state index contributed by atoms with van der Waals surface area (Å²) in [6.07, 6.45) is -3.38. The summed E-state index contributed by atoms with van der Waals surface area (Å²) in [4.78, 5) is 3.95. The van der Waals surface area contributed by atoms with E-state index in [4.69, 9.17) is 16.3 Å². The highest BCUT2D eigenvalue weighted by molar-refractivity contribution is 7.89. The van der Waals surface area contributed by atoms with Crippen LogP contribution < -0.4 is 9.46 Å². The molecule has 3 rings (SSSR count). The van der Waals surface area contributed by atoms with Crippen LogP contribution in [0.5, 0.6) is 11.6 Å². The third-order valence-corrected chi connectivity index (χ3v) is 6.38. The molecule has 0 fully saturated rings. The van der Waals surface area contributed by atoms with Crippen molar-refractivity contribution < 1.29 is 26.3 Å². The average molecular weight is 503 g/mol. The molecule has 0 aliphatic heterocycles. The first-order chi connectivity index (χ1) is 15.3. The molecule has 0 unspecified atom stereocenters. The number of ether oxygens (including phenoxy) is 1. The summed E-state index contributed by atoms with van der Waals surface area (Å²) in [6.45, 7) is 5.41. The smallest absolute Gasteiger partial charge is 0.404 e. The minimum absolute atomic E-state index is 0.312. The summed E-state index contributed by atoms with van der Waals surface area (Å²) in [7, 11) is -4.60. The van der Waals surface area contributed by atoms with Gasteiger partial charge in [-0.1, -0.05) is 29.8 Å². The lowest BCUT2D eigenvalue weighted by Gasteiger charge is -2.27. The molecular formula is C21H22ClF3N4O3S. The molecule has 0 saturated heterocycles. The molecule has 0 amide bonds. The van der Waals surface area contributed by atoms with E-state index in [1.54, 1.807) is 47.1 Å². The van der Waals surface area contributed by atoms with E-state index in [-0.39, 0.29) is 0 Å². The average Bonchev–Trinajstić information content (AvgIpc) is 3.10. The van der Waals surface area contributed by atoms with Crippen LogP contribution in [-0.2, 0) is 22.1 Å². The van der Waals surface area contributed by atoms with Crippen molar-refractivity contribution in [1.29, 1.82) is 0 Å². The number of nitrogens with zero attached hydrogens (tertiary/aromatic N) is 3. The Hall–Kier alpha value is -2.63. The Morgan fingerprint density at radius 3 is 2.48 bits per heavy atom. The second-order valence-corrected chi connectivity index (χ2v) is 9.89. The summed E-state index contributed by atoms with van der Waals surface area (Å²) in [5.41, 5.74) is 0.573. The van der Waals surface area contributed by atoms with Gasteiger partial charge >= 0.3 is 6.18 Å². The summed E-state index contributed by atoms with van der Waals surface area (Å²) in [5, 5.41) is 4.74. The molecule has 0 atom stereocenters. The molecule has 178 valence electrons. The number of rotatable bonds is 8. The van der Waals surface area contributed by atoms with Gasteiger partial charge in [-0.3, -0.25) is 4.68 Å². The number of benzene rings is 1. The van der Waals surface area contributed by atoms with Crippen molar-refractivity contribution in [2.75, 3.05) is 5.75 Å². The largest absolute Gasteiger partial charge is 0.436 e. The quantitative estimate of drug-likeness (QED) is 0.432. The molecule has 0 spiro atoms. The SMILES string of the molecule is CCn1nc(Oc2ccc(Cl)nc2)cc1-c1cccc(C(C)(C)NS(=O)(=O)CC(F)(F)F)c1. The van der Waals surface area contributed by atoms with Gasteiger partial charge in [0.2, 0.25) is 15.9 Å². The first-order valence-electron chi connectivity index (χ1n) is 9.84. The number of aromatic nitrogens is 3. The Labute approximate surface area is 194 Å². The Morgan fingerprint density at radius 2 is 1.88 bits per heavy atom. The molecule has 0 bridgehead atoms. The maximum Gasteiger partial charge on any atom is 0.404 e. The number of alkyl halides is 3. The highest BCUT2D eigenvalue weighted by atomic mass is 35.5. The first kappa shape index (κ1) is 25.0. The fourth-order valence-corrected chi connectivity index (χ4v) is 4.74. The van der Waals surface area contributed by atoms with Crippen molar-refractivity contribution >= 4 is 21.6 Å². The van der Waals surface area contributed by atoms with E-state index in [1.165, 1.54) is 20.0 Å². The lowest BCUT2D eigenvalue weighted by atomic mass is 9.93. The van der Waals surface area contributed by atoms with Gasteiger partial charge < -0.3 is 4.74 Å². The van der Waals surface area contributed by atoms with Crippen molar-refractivity contribution in [1.82, 2.24) is 19.5 Å². The maximum atomic E-state index is 12.6. The number of nitrogens with one attached hydrogen (secondary N) is 1. The highest BCUT2D eigenvalue weighted by Crippen LogP contribution is 2.31. The van der Waals surface area contributed by atoms with Gasteiger partial charge in [0.05, 0.1) is 17.4 Å². The summed E-state index contributed by atoms with van der Waals surface area (Å²) in [6, 6.07) is 11.8. The molecule has 0 radical (unpaired) electrons. The van der Waals surface area contributed by atoms with E-state index in [0.717, 1.165) is 0 Å². The highest BCUT2D eigenvalue weighted by Gasteiger charge is 2.38. The Morgan fingerprint density at radius 1 is 1.15 bits per heavy atom. The van der Waals surface area contributed by atoms with Gasteiger partial charge in [-0.05, 0) is 44.5 Å². The molecule has 2 heterocycles. The molecular weight excluding hydrogens is 481 g/mol. The molecule has 1 N–H and O–H groups in total. The molecule has 2 aromatic heterocycles. The summed E-state index contributed by atoms with van der Waals surface area (Å²) < 4.78 is 71.5. The van der Waals surface area contributed by atoms with Crippen LogP contribution in [0.2, 0.25) is 5.15 Å². The second kappa shape index (κ2) is 9.32. The second-order valence-electron chi connectivity index (χ2n) is 7.78. The lowest BCUT2D eigenvalue weighted by molar-refractivity contribution is -0.106. The zero-order valence-electron chi connectivity index (χ0n) is 18.0. The van der Waals surface area contributed by atoms with E-state index in [1.807, 2.05) is 6.92 Å². The lowest BCUT2D eigenvalue weighted by Crippen LogP contribution is -2.44. The van der Waals surface area contributed by atoms with Crippen LogP contribution in [-0.4, -0.2) is 35.1 Å². The van der Waals surface area contributed by atoms with Crippen LogP contribution in [0.15, 0.2) is 48.7 Å². The normalized spacial score (nSPS) is 12.7.